The van der Waals surface area contributed by atoms with Gasteiger partial charge in [-0.15, -0.1) is 0 Å². The molecule has 3 aliphatic rings. The summed E-state index contributed by atoms with van der Waals surface area (Å²) in [7, 11) is 0. The fourth-order valence-electron chi connectivity index (χ4n) is 1.61. The molecule has 2 aliphatic carbocycles. The minimum Gasteiger partial charge on any atom is -0.489 e. The second-order valence-corrected chi connectivity index (χ2v) is 2.99. The van der Waals surface area contributed by atoms with Crippen molar-refractivity contribution in [1.82, 2.24) is 0 Å². The molecule has 0 radical (unpaired) electrons. The number of fused-ring (bicyclic) bond motifs is 2. The van der Waals surface area contributed by atoms with Crippen molar-refractivity contribution >= 4 is 0 Å². The number of hydrogen-bond acceptors (Lipinski definition) is 1. The highest BCUT2D eigenvalue weighted by atomic mass is 16.5. The average Bonchev–Trinajstić information content (AvgIpc) is 2.83. The summed E-state index contributed by atoms with van der Waals surface area (Å²) in [5, 5.41) is 0. The summed E-state index contributed by atoms with van der Waals surface area (Å²) in [5.41, 5.74) is 4.05. The van der Waals surface area contributed by atoms with Crippen LogP contribution in [-0.2, 0) is 4.74 Å². The van der Waals surface area contributed by atoms with Crippen LogP contribution < -0.4 is 0 Å². The first-order chi connectivity index (χ1) is 5.45. The standard InChI is InChI=1S/C10H8O/c1-2-7-3-4-8-6-9(8)10(7)11-5-1/h1-2,4,6H,3,5H2. The van der Waals surface area contributed by atoms with Gasteiger partial charge in [0.2, 0.25) is 0 Å². The van der Waals surface area contributed by atoms with E-state index in [1.54, 1.807) is 0 Å². The third-order valence-electron chi connectivity index (χ3n) is 2.25. The molecule has 0 atom stereocenters. The van der Waals surface area contributed by atoms with Crippen molar-refractivity contribution in [2.45, 2.75) is 6.42 Å². The fraction of sp³-hybridized carbons (Fsp3) is 0.200. The average molecular weight is 144 g/mol. The highest BCUT2D eigenvalue weighted by Gasteiger charge is 2.28. The second-order valence-electron chi connectivity index (χ2n) is 2.99. The summed E-state index contributed by atoms with van der Waals surface area (Å²) in [5.74, 6) is 1.13. The Morgan fingerprint density at radius 1 is 1.36 bits per heavy atom. The van der Waals surface area contributed by atoms with Crippen LogP contribution in [0.2, 0.25) is 0 Å². The second kappa shape index (κ2) is 1.67. The highest BCUT2D eigenvalue weighted by Crippen LogP contribution is 2.42. The molecule has 0 amide bonds. The van der Waals surface area contributed by atoms with Crippen LogP contribution in [0.4, 0.5) is 0 Å². The van der Waals surface area contributed by atoms with Crippen molar-refractivity contribution in [3.05, 3.63) is 46.8 Å². The summed E-state index contributed by atoms with van der Waals surface area (Å²) < 4.78 is 5.52. The Morgan fingerprint density at radius 2 is 2.36 bits per heavy atom. The number of rotatable bonds is 0. The lowest BCUT2D eigenvalue weighted by Crippen LogP contribution is -2.03. The van der Waals surface area contributed by atoms with Crippen LogP contribution >= 0.6 is 0 Å². The molecule has 1 heteroatoms. The Balaban J connectivity index is 2.10. The van der Waals surface area contributed by atoms with Crippen molar-refractivity contribution < 1.29 is 4.74 Å². The zero-order chi connectivity index (χ0) is 7.26. The zero-order valence-electron chi connectivity index (χ0n) is 6.13. The number of hydrogen-bond donors (Lipinski definition) is 0. The molecule has 0 unspecified atom stereocenters. The molecule has 11 heavy (non-hydrogen) atoms. The van der Waals surface area contributed by atoms with E-state index >= 15 is 0 Å². The van der Waals surface area contributed by atoms with Gasteiger partial charge < -0.3 is 4.74 Å². The normalized spacial score (nSPS) is 24.7. The quantitative estimate of drug-likeness (QED) is 0.506. The maximum atomic E-state index is 5.52. The van der Waals surface area contributed by atoms with Crippen LogP contribution in [0.25, 0.3) is 0 Å². The van der Waals surface area contributed by atoms with Gasteiger partial charge in [-0.2, -0.15) is 0 Å². The van der Waals surface area contributed by atoms with Crippen LogP contribution in [0, 0.1) is 0 Å². The van der Waals surface area contributed by atoms with E-state index in [4.69, 9.17) is 4.74 Å². The van der Waals surface area contributed by atoms with E-state index < -0.39 is 0 Å². The van der Waals surface area contributed by atoms with Crippen molar-refractivity contribution in [1.29, 1.82) is 0 Å². The molecular formula is C10H8O. The molecule has 0 aromatic rings. The summed E-state index contributed by atoms with van der Waals surface area (Å²) in [6.45, 7) is 0.740. The summed E-state index contributed by atoms with van der Waals surface area (Å²) in [6, 6.07) is 0. The molecule has 1 heterocycles. The number of allylic oxidation sites excluding steroid dienone is 5. The van der Waals surface area contributed by atoms with Crippen LogP contribution in [0.15, 0.2) is 46.8 Å². The molecule has 54 valence electrons. The minimum atomic E-state index is 0.740. The van der Waals surface area contributed by atoms with Gasteiger partial charge in [0.15, 0.2) is 0 Å². The first-order valence-electron chi connectivity index (χ1n) is 3.90. The van der Waals surface area contributed by atoms with Gasteiger partial charge in [0, 0.05) is 5.57 Å². The molecule has 0 spiro atoms. The summed E-state index contributed by atoms with van der Waals surface area (Å²) in [6.07, 6.45) is 9.72. The molecule has 1 aliphatic heterocycles. The van der Waals surface area contributed by atoms with Gasteiger partial charge in [-0.1, -0.05) is 12.2 Å². The van der Waals surface area contributed by atoms with E-state index in [0.717, 1.165) is 18.8 Å². The summed E-state index contributed by atoms with van der Waals surface area (Å²) in [4.78, 5) is 0. The Morgan fingerprint density at radius 3 is 3.36 bits per heavy atom. The molecule has 0 fully saturated rings. The monoisotopic (exact) mass is 144 g/mol. The minimum absolute atomic E-state index is 0.740. The molecule has 0 bridgehead atoms. The molecule has 0 saturated carbocycles. The van der Waals surface area contributed by atoms with Gasteiger partial charge in [-0.3, -0.25) is 0 Å². The van der Waals surface area contributed by atoms with Crippen LogP contribution in [0.3, 0.4) is 0 Å². The Bertz CT molecular complexity index is 340. The maximum absolute atomic E-state index is 5.52. The molecule has 0 N–H and O–H groups in total. The van der Waals surface area contributed by atoms with Gasteiger partial charge in [-0.05, 0) is 29.7 Å². The molecule has 0 saturated heterocycles. The SMILES string of the molecule is C1=CC2=C(OC1)C1=CC1=CC2. The topological polar surface area (TPSA) is 9.23 Å². The number of ether oxygens (including phenoxy) is 1. The van der Waals surface area contributed by atoms with Gasteiger partial charge in [0.25, 0.3) is 0 Å². The van der Waals surface area contributed by atoms with E-state index in [1.807, 2.05) is 0 Å². The van der Waals surface area contributed by atoms with Crippen LogP contribution in [-0.4, -0.2) is 6.61 Å². The van der Waals surface area contributed by atoms with Crippen molar-refractivity contribution in [3.63, 3.8) is 0 Å². The van der Waals surface area contributed by atoms with E-state index in [1.165, 1.54) is 16.7 Å². The van der Waals surface area contributed by atoms with E-state index in [-0.39, 0.29) is 0 Å². The van der Waals surface area contributed by atoms with Crippen molar-refractivity contribution in [3.8, 4) is 0 Å². The third-order valence-corrected chi connectivity index (χ3v) is 2.25. The Labute approximate surface area is 65.4 Å². The lowest BCUT2D eigenvalue weighted by atomic mass is 10.0. The predicted octanol–water partition coefficient (Wildman–Crippen LogP) is 2.10. The van der Waals surface area contributed by atoms with Gasteiger partial charge in [0.05, 0.1) is 0 Å². The molecule has 3 rings (SSSR count). The van der Waals surface area contributed by atoms with E-state index in [9.17, 15) is 0 Å². The molecule has 0 aromatic carbocycles. The largest absolute Gasteiger partial charge is 0.489 e. The van der Waals surface area contributed by atoms with Gasteiger partial charge >= 0.3 is 0 Å². The van der Waals surface area contributed by atoms with E-state index in [2.05, 4.69) is 24.3 Å². The van der Waals surface area contributed by atoms with Gasteiger partial charge in [-0.25, -0.2) is 0 Å². The smallest absolute Gasteiger partial charge is 0.131 e. The van der Waals surface area contributed by atoms with Crippen molar-refractivity contribution in [2.75, 3.05) is 6.61 Å². The zero-order valence-corrected chi connectivity index (χ0v) is 6.13. The van der Waals surface area contributed by atoms with Crippen LogP contribution in [0.1, 0.15) is 6.42 Å². The molecule has 1 nitrogen and oxygen atoms in total. The lowest BCUT2D eigenvalue weighted by molar-refractivity contribution is 0.250. The highest BCUT2D eigenvalue weighted by molar-refractivity contribution is 5.70. The predicted molar refractivity (Wildman–Crippen MR) is 42.9 cm³/mol. The lowest BCUT2D eigenvalue weighted by Gasteiger charge is -2.16. The maximum Gasteiger partial charge on any atom is 0.131 e. The fourth-order valence-corrected chi connectivity index (χ4v) is 1.61. The van der Waals surface area contributed by atoms with Crippen LogP contribution in [0.5, 0.6) is 0 Å². The summed E-state index contributed by atoms with van der Waals surface area (Å²) >= 11 is 0. The Hall–Kier alpha value is -1.24. The van der Waals surface area contributed by atoms with Crippen molar-refractivity contribution in [2.24, 2.45) is 0 Å². The third kappa shape index (κ3) is 0.653. The molecule has 0 aromatic heterocycles. The Kier molecular flexibility index (Phi) is 0.823. The van der Waals surface area contributed by atoms with Gasteiger partial charge in [0.1, 0.15) is 12.4 Å². The van der Waals surface area contributed by atoms with E-state index in [0.29, 0.717) is 0 Å². The first kappa shape index (κ1) is 5.42. The first-order valence-corrected chi connectivity index (χ1v) is 3.90. The molecular weight excluding hydrogens is 136 g/mol.